The highest BCUT2D eigenvalue weighted by Crippen LogP contribution is 2.36. The Balaban J connectivity index is 2.56. The molecule has 2 rings (SSSR count). The molecule has 0 spiro atoms. The van der Waals surface area contributed by atoms with Gasteiger partial charge in [-0.25, -0.2) is 0 Å². The lowest BCUT2D eigenvalue weighted by Crippen LogP contribution is -2.28. The molecule has 2 nitrogen and oxygen atoms in total. The zero-order chi connectivity index (χ0) is 12.3. The molecule has 88 valence electrons. The van der Waals surface area contributed by atoms with Gasteiger partial charge in [0.05, 0.1) is 6.61 Å². The zero-order valence-electron chi connectivity index (χ0n) is 9.80. The monoisotopic (exact) mass is 228 g/mol. The number of benzene rings is 2. The molecule has 0 fully saturated rings. The minimum atomic E-state index is -0.577. The summed E-state index contributed by atoms with van der Waals surface area (Å²) in [7, 11) is 0. The van der Waals surface area contributed by atoms with E-state index in [0.29, 0.717) is 0 Å². The summed E-state index contributed by atoms with van der Waals surface area (Å²) in [6.45, 7) is 1.88. The van der Waals surface area contributed by atoms with E-state index in [0.717, 1.165) is 11.1 Å². The summed E-state index contributed by atoms with van der Waals surface area (Å²) in [6, 6.07) is 16.9. The number of phenolic OH excluding ortho intramolecular Hbond substituents is 1. The molecule has 1 unspecified atom stereocenters. The number of aromatic hydroxyl groups is 1. The summed E-state index contributed by atoms with van der Waals surface area (Å²) in [4.78, 5) is 0. The van der Waals surface area contributed by atoms with Gasteiger partial charge in [-0.3, -0.25) is 0 Å². The third kappa shape index (κ3) is 2.04. The van der Waals surface area contributed by atoms with Gasteiger partial charge in [0.2, 0.25) is 0 Å². The molecule has 2 aromatic rings. The topological polar surface area (TPSA) is 40.5 Å². The number of rotatable bonds is 3. The lowest BCUT2D eigenvalue weighted by Gasteiger charge is -2.29. The lowest BCUT2D eigenvalue weighted by atomic mass is 9.76. The van der Waals surface area contributed by atoms with Gasteiger partial charge in [0.1, 0.15) is 5.75 Å². The molecule has 2 aromatic carbocycles. The van der Waals surface area contributed by atoms with Crippen LogP contribution >= 0.6 is 0 Å². The highest BCUT2D eigenvalue weighted by molar-refractivity contribution is 5.45. The first-order valence-corrected chi connectivity index (χ1v) is 5.63. The maximum absolute atomic E-state index is 9.93. The van der Waals surface area contributed by atoms with Gasteiger partial charge in [-0.05, 0) is 18.6 Å². The molecule has 17 heavy (non-hydrogen) atoms. The first-order valence-electron chi connectivity index (χ1n) is 5.63. The Kier molecular flexibility index (Phi) is 3.16. The summed E-state index contributed by atoms with van der Waals surface area (Å²) in [5.41, 5.74) is 1.16. The fourth-order valence-electron chi connectivity index (χ4n) is 2.08. The molecule has 0 radical (unpaired) electrons. The molecule has 2 N–H and O–H groups in total. The summed E-state index contributed by atoms with van der Waals surface area (Å²) in [5, 5.41) is 19.6. The molecule has 0 aliphatic rings. The standard InChI is InChI=1S/C15H16O2/c1-15(11-16,12-7-3-2-4-8-12)13-9-5-6-10-14(13)17/h2-10,16-17H,11H2,1H3. The van der Waals surface area contributed by atoms with E-state index in [-0.39, 0.29) is 12.4 Å². The number of hydrogen-bond donors (Lipinski definition) is 2. The van der Waals surface area contributed by atoms with Crippen molar-refractivity contribution in [2.75, 3.05) is 6.61 Å². The van der Waals surface area contributed by atoms with Crippen molar-refractivity contribution in [2.24, 2.45) is 0 Å². The summed E-state index contributed by atoms with van der Waals surface area (Å²) in [6.07, 6.45) is 0. The fourth-order valence-corrected chi connectivity index (χ4v) is 2.08. The molecule has 0 saturated carbocycles. The Bertz CT molecular complexity index is 493. The van der Waals surface area contributed by atoms with Crippen LogP contribution in [0.2, 0.25) is 0 Å². The van der Waals surface area contributed by atoms with Crippen molar-refractivity contribution in [3.63, 3.8) is 0 Å². The minimum Gasteiger partial charge on any atom is -0.508 e. The van der Waals surface area contributed by atoms with Crippen LogP contribution < -0.4 is 0 Å². The van der Waals surface area contributed by atoms with Gasteiger partial charge in [-0.2, -0.15) is 0 Å². The van der Waals surface area contributed by atoms with Crippen LogP contribution in [0.4, 0.5) is 0 Å². The predicted molar refractivity (Wildman–Crippen MR) is 68.1 cm³/mol. The molecule has 0 aliphatic carbocycles. The SMILES string of the molecule is CC(CO)(c1ccccc1)c1ccccc1O. The van der Waals surface area contributed by atoms with E-state index in [1.807, 2.05) is 49.4 Å². The Morgan fingerprint density at radius 3 is 2.12 bits per heavy atom. The van der Waals surface area contributed by atoms with Crippen LogP contribution in [0.25, 0.3) is 0 Å². The second-order valence-electron chi connectivity index (χ2n) is 4.37. The number of aliphatic hydroxyl groups is 1. The Hall–Kier alpha value is -1.80. The molecular weight excluding hydrogens is 212 g/mol. The third-order valence-corrected chi connectivity index (χ3v) is 3.23. The molecule has 0 bridgehead atoms. The van der Waals surface area contributed by atoms with Crippen LogP contribution in [-0.2, 0) is 5.41 Å². The van der Waals surface area contributed by atoms with Crippen LogP contribution in [0.3, 0.4) is 0 Å². The van der Waals surface area contributed by atoms with Gasteiger partial charge < -0.3 is 10.2 Å². The fraction of sp³-hybridized carbons (Fsp3) is 0.200. The average Bonchev–Trinajstić information content (AvgIpc) is 2.39. The van der Waals surface area contributed by atoms with E-state index >= 15 is 0 Å². The van der Waals surface area contributed by atoms with Gasteiger partial charge in [0.25, 0.3) is 0 Å². The normalized spacial score (nSPS) is 14.2. The van der Waals surface area contributed by atoms with Crippen molar-refractivity contribution >= 4 is 0 Å². The highest BCUT2D eigenvalue weighted by Gasteiger charge is 2.30. The molecule has 0 heterocycles. The number of hydrogen-bond acceptors (Lipinski definition) is 2. The van der Waals surface area contributed by atoms with E-state index < -0.39 is 5.41 Å². The van der Waals surface area contributed by atoms with Crippen LogP contribution in [-0.4, -0.2) is 16.8 Å². The molecule has 0 amide bonds. The van der Waals surface area contributed by atoms with Gasteiger partial charge in [0, 0.05) is 11.0 Å². The molecular formula is C15H16O2. The highest BCUT2D eigenvalue weighted by atomic mass is 16.3. The van der Waals surface area contributed by atoms with Crippen LogP contribution in [0, 0.1) is 0 Å². The Morgan fingerprint density at radius 2 is 1.53 bits per heavy atom. The molecule has 0 saturated heterocycles. The average molecular weight is 228 g/mol. The van der Waals surface area contributed by atoms with E-state index in [9.17, 15) is 10.2 Å². The second-order valence-corrected chi connectivity index (χ2v) is 4.37. The van der Waals surface area contributed by atoms with Gasteiger partial charge in [0.15, 0.2) is 0 Å². The lowest BCUT2D eigenvalue weighted by molar-refractivity contribution is 0.228. The van der Waals surface area contributed by atoms with E-state index in [4.69, 9.17) is 0 Å². The maximum atomic E-state index is 9.93. The quantitative estimate of drug-likeness (QED) is 0.848. The first-order chi connectivity index (χ1) is 8.18. The van der Waals surface area contributed by atoms with Crippen molar-refractivity contribution < 1.29 is 10.2 Å². The molecule has 1 atom stereocenters. The third-order valence-electron chi connectivity index (χ3n) is 3.23. The van der Waals surface area contributed by atoms with E-state index in [1.54, 1.807) is 12.1 Å². The predicted octanol–water partition coefficient (Wildman–Crippen LogP) is 2.69. The van der Waals surface area contributed by atoms with Crippen molar-refractivity contribution in [3.05, 3.63) is 65.7 Å². The molecule has 0 aromatic heterocycles. The number of aliphatic hydroxyl groups excluding tert-OH is 1. The molecule has 2 heteroatoms. The first kappa shape index (κ1) is 11.7. The summed E-state index contributed by atoms with van der Waals surface area (Å²) < 4.78 is 0. The number of para-hydroxylation sites is 1. The minimum absolute atomic E-state index is 0.0470. The molecule has 0 aliphatic heterocycles. The van der Waals surface area contributed by atoms with Crippen LogP contribution in [0.5, 0.6) is 5.75 Å². The van der Waals surface area contributed by atoms with Crippen molar-refractivity contribution in [2.45, 2.75) is 12.3 Å². The van der Waals surface area contributed by atoms with Crippen LogP contribution in [0.1, 0.15) is 18.1 Å². The largest absolute Gasteiger partial charge is 0.508 e. The Morgan fingerprint density at radius 1 is 0.941 bits per heavy atom. The number of phenols is 1. The summed E-state index contributed by atoms with van der Waals surface area (Å²) in [5.74, 6) is 0.216. The van der Waals surface area contributed by atoms with Crippen molar-refractivity contribution in [3.8, 4) is 5.75 Å². The zero-order valence-corrected chi connectivity index (χ0v) is 9.80. The van der Waals surface area contributed by atoms with Crippen molar-refractivity contribution in [1.82, 2.24) is 0 Å². The smallest absolute Gasteiger partial charge is 0.119 e. The van der Waals surface area contributed by atoms with Gasteiger partial charge in [-0.15, -0.1) is 0 Å². The van der Waals surface area contributed by atoms with E-state index in [2.05, 4.69) is 0 Å². The second kappa shape index (κ2) is 4.60. The van der Waals surface area contributed by atoms with Gasteiger partial charge in [-0.1, -0.05) is 48.5 Å². The maximum Gasteiger partial charge on any atom is 0.119 e. The summed E-state index contributed by atoms with van der Waals surface area (Å²) >= 11 is 0. The van der Waals surface area contributed by atoms with E-state index in [1.165, 1.54) is 0 Å². The van der Waals surface area contributed by atoms with Crippen LogP contribution in [0.15, 0.2) is 54.6 Å². The van der Waals surface area contributed by atoms with Gasteiger partial charge >= 0.3 is 0 Å². The Labute approximate surface area is 101 Å². The van der Waals surface area contributed by atoms with Crippen molar-refractivity contribution in [1.29, 1.82) is 0 Å².